The number of fused-ring (bicyclic) bond motifs is 10. The molecule has 1 aliphatic rings. The molecule has 3 nitrogen and oxygen atoms in total. The molecule has 0 N–H and O–H groups in total. The first kappa shape index (κ1) is 34.4. The Kier molecular flexibility index (Phi) is 7.58. The van der Waals surface area contributed by atoms with Crippen molar-refractivity contribution in [3.8, 4) is 39.1 Å². The number of anilines is 3. The van der Waals surface area contributed by atoms with E-state index in [1.54, 1.807) is 0 Å². The van der Waals surface area contributed by atoms with E-state index in [0.29, 0.717) is 0 Å². The highest BCUT2D eigenvalue weighted by atomic mass is 16.3. The molecule has 2 heterocycles. The highest BCUT2D eigenvalue weighted by Gasteiger charge is 2.35. The molecule has 0 atom stereocenters. The molecule has 0 saturated carbocycles. The van der Waals surface area contributed by atoms with E-state index >= 15 is 0 Å². The second kappa shape index (κ2) is 13.2. The molecule has 0 spiro atoms. The fourth-order valence-electron chi connectivity index (χ4n) is 9.93. The molecule has 2 aromatic heterocycles. The van der Waals surface area contributed by atoms with Gasteiger partial charge in [0, 0.05) is 55.3 Å². The smallest absolute Gasteiger partial charge is 0.143 e. The second-order valence-corrected chi connectivity index (χ2v) is 16.5. The summed E-state index contributed by atoms with van der Waals surface area (Å²) in [5, 5.41) is 4.71. The molecule has 0 saturated heterocycles. The van der Waals surface area contributed by atoms with Gasteiger partial charge in [-0.3, -0.25) is 0 Å². The first-order valence-corrected chi connectivity index (χ1v) is 20.8. The van der Waals surface area contributed by atoms with Crippen molar-refractivity contribution in [1.29, 1.82) is 0 Å². The quantitative estimate of drug-likeness (QED) is 0.168. The third-order valence-electron chi connectivity index (χ3n) is 12.8. The fraction of sp³-hybridized carbons (Fsp3) is 0.0526. The van der Waals surface area contributed by atoms with Gasteiger partial charge in [0.1, 0.15) is 11.2 Å². The number of hydrogen-bond donors (Lipinski definition) is 0. The first-order chi connectivity index (χ1) is 29.5. The number of rotatable bonds is 6. The normalized spacial score (nSPS) is 13.0. The van der Waals surface area contributed by atoms with Gasteiger partial charge in [0.05, 0.1) is 11.0 Å². The Hall–Kier alpha value is -7.62. The van der Waals surface area contributed by atoms with Crippen LogP contribution < -0.4 is 4.90 Å². The van der Waals surface area contributed by atoms with Crippen LogP contribution in [0, 0.1) is 0 Å². The van der Waals surface area contributed by atoms with E-state index in [0.717, 1.165) is 55.8 Å². The zero-order chi connectivity index (χ0) is 40.0. The second-order valence-electron chi connectivity index (χ2n) is 16.5. The predicted molar refractivity (Wildman–Crippen MR) is 251 cm³/mol. The van der Waals surface area contributed by atoms with Gasteiger partial charge in [-0.1, -0.05) is 153 Å². The van der Waals surface area contributed by atoms with Crippen LogP contribution in [0.3, 0.4) is 0 Å². The van der Waals surface area contributed by atoms with Crippen molar-refractivity contribution >= 4 is 60.8 Å². The monoisotopic (exact) mass is 768 g/mol. The summed E-state index contributed by atoms with van der Waals surface area (Å²) in [4.78, 5) is 2.39. The molecule has 0 amide bonds. The Morgan fingerprint density at radius 2 is 1.02 bits per heavy atom. The molecule has 3 heteroatoms. The number of benzene rings is 9. The summed E-state index contributed by atoms with van der Waals surface area (Å²) in [6.07, 6.45) is 0. The summed E-state index contributed by atoms with van der Waals surface area (Å²) in [6.45, 7) is 4.69. The summed E-state index contributed by atoms with van der Waals surface area (Å²) in [5.74, 6) is 0. The number of furan rings is 1. The van der Waals surface area contributed by atoms with Crippen molar-refractivity contribution in [3.63, 3.8) is 0 Å². The summed E-state index contributed by atoms with van der Waals surface area (Å²) in [7, 11) is 0. The summed E-state index contributed by atoms with van der Waals surface area (Å²) >= 11 is 0. The average Bonchev–Trinajstić information content (AvgIpc) is 3.93. The molecular formula is C57H40N2O. The van der Waals surface area contributed by atoms with Gasteiger partial charge in [-0.2, -0.15) is 0 Å². The lowest BCUT2D eigenvalue weighted by molar-refractivity contribution is 0.660. The molecule has 0 unspecified atom stereocenters. The Bertz CT molecular complexity index is 3430. The van der Waals surface area contributed by atoms with Crippen molar-refractivity contribution in [2.24, 2.45) is 0 Å². The lowest BCUT2D eigenvalue weighted by Crippen LogP contribution is -2.16. The Morgan fingerprint density at radius 3 is 1.80 bits per heavy atom. The topological polar surface area (TPSA) is 21.3 Å². The van der Waals surface area contributed by atoms with Gasteiger partial charge in [0.15, 0.2) is 0 Å². The van der Waals surface area contributed by atoms with E-state index in [9.17, 15) is 0 Å². The standard InChI is InChI=1S/C57H40N2O/c1-57(2)49-22-11-9-18-45(49)46-33-32-43(36-50(46)57)58(41-28-24-38(25-29-41)37-14-5-3-6-15-37)42-30-26-39(27-31-42)44-20-13-21-48-55-53(60-56(44)48)35-34-52-54(55)47-19-10-12-23-51(47)59(52)40-16-7-4-8-17-40/h3-36H,1-2H3. The van der Waals surface area contributed by atoms with Gasteiger partial charge in [-0.05, 0) is 106 Å². The summed E-state index contributed by atoms with van der Waals surface area (Å²) < 4.78 is 9.21. The zero-order valence-electron chi connectivity index (χ0n) is 33.4. The highest BCUT2D eigenvalue weighted by molar-refractivity contribution is 6.28. The number of nitrogens with zero attached hydrogens (tertiary/aromatic N) is 2. The van der Waals surface area contributed by atoms with Crippen LogP contribution in [-0.4, -0.2) is 4.57 Å². The van der Waals surface area contributed by atoms with Crippen molar-refractivity contribution < 1.29 is 4.42 Å². The summed E-state index contributed by atoms with van der Waals surface area (Å²) in [5.41, 5.74) is 18.5. The summed E-state index contributed by atoms with van der Waals surface area (Å²) in [6, 6.07) is 74.6. The van der Waals surface area contributed by atoms with Crippen LogP contribution >= 0.6 is 0 Å². The van der Waals surface area contributed by atoms with E-state index in [1.807, 2.05) is 0 Å². The lowest BCUT2D eigenvalue weighted by atomic mass is 9.82. The van der Waals surface area contributed by atoms with Gasteiger partial charge in [-0.25, -0.2) is 0 Å². The van der Waals surface area contributed by atoms with Crippen LogP contribution in [0.25, 0.3) is 82.8 Å². The molecular weight excluding hydrogens is 729 g/mol. The van der Waals surface area contributed by atoms with Gasteiger partial charge in [0.25, 0.3) is 0 Å². The number of hydrogen-bond acceptors (Lipinski definition) is 2. The molecule has 1 aliphatic carbocycles. The predicted octanol–water partition coefficient (Wildman–Crippen LogP) is 15.8. The Labute approximate surface area is 349 Å². The van der Waals surface area contributed by atoms with Crippen LogP contribution in [0.15, 0.2) is 211 Å². The van der Waals surface area contributed by atoms with Crippen molar-refractivity contribution in [1.82, 2.24) is 4.57 Å². The molecule has 0 bridgehead atoms. The number of para-hydroxylation sites is 3. The van der Waals surface area contributed by atoms with Crippen LogP contribution in [0.4, 0.5) is 17.1 Å². The average molecular weight is 769 g/mol. The van der Waals surface area contributed by atoms with Crippen molar-refractivity contribution in [3.05, 3.63) is 217 Å². The lowest BCUT2D eigenvalue weighted by Gasteiger charge is -2.28. The number of aromatic nitrogens is 1. The minimum absolute atomic E-state index is 0.109. The largest absolute Gasteiger partial charge is 0.455 e. The van der Waals surface area contributed by atoms with Gasteiger partial charge in [0.2, 0.25) is 0 Å². The van der Waals surface area contributed by atoms with Crippen LogP contribution in [0.5, 0.6) is 0 Å². The molecule has 0 aliphatic heterocycles. The van der Waals surface area contributed by atoms with Gasteiger partial charge >= 0.3 is 0 Å². The SMILES string of the molecule is CC1(C)c2ccccc2-c2ccc(N(c3ccc(-c4ccccc4)cc3)c3ccc(-c4cccc5c4oc4ccc6c(c7ccccc7n6-c6ccccc6)c45)cc3)cc21. The molecule has 12 rings (SSSR count). The molecule has 60 heavy (non-hydrogen) atoms. The Morgan fingerprint density at radius 1 is 0.417 bits per heavy atom. The fourth-order valence-corrected chi connectivity index (χ4v) is 9.93. The van der Waals surface area contributed by atoms with E-state index in [4.69, 9.17) is 4.42 Å². The first-order valence-electron chi connectivity index (χ1n) is 20.8. The maximum atomic E-state index is 6.84. The van der Waals surface area contributed by atoms with Crippen LogP contribution in [-0.2, 0) is 5.41 Å². The minimum Gasteiger partial charge on any atom is -0.455 e. The van der Waals surface area contributed by atoms with Gasteiger partial charge < -0.3 is 13.9 Å². The maximum absolute atomic E-state index is 6.84. The molecule has 0 fully saturated rings. The van der Waals surface area contributed by atoms with Crippen LogP contribution in [0.1, 0.15) is 25.0 Å². The molecule has 9 aromatic carbocycles. The minimum atomic E-state index is -0.109. The zero-order valence-corrected chi connectivity index (χ0v) is 33.4. The van der Waals surface area contributed by atoms with E-state index in [-0.39, 0.29) is 5.41 Å². The third-order valence-corrected chi connectivity index (χ3v) is 12.8. The molecule has 0 radical (unpaired) electrons. The Balaban J connectivity index is 0.989. The van der Waals surface area contributed by atoms with Crippen molar-refractivity contribution in [2.45, 2.75) is 19.3 Å². The maximum Gasteiger partial charge on any atom is 0.143 e. The third kappa shape index (κ3) is 5.15. The highest BCUT2D eigenvalue weighted by Crippen LogP contribution is 2.51. The van der Waals surface area contributed by atoms with Gasteiger partial charge in [-0.15, -0.1) is 0 Å². The van der Waals surface area contributed by atoms with Crippen LogP contribution in [0.2, 0.25) is 0 Å². The van der Waals surface area contributed by atoms with Crippen molar-refractivity contribution in [2.75, 3.05) is 4.90 Å². The van der Waals surface area contributed by atoms with E-state index in [2.05, 4.69) is 230 Å². The van der Waals surface area contributed by atoms with E-state index < -0.39 is 0 Å². The van der Waals surface area contributed by atoms with E-state index in [1.165, 1.54) is 55.2 Å². The molecule has 284 valence electrons. The molecule has 11 aromatic rings.